The fourth-order valence-electron chi connectivity index (χ4n) is 4.74. The normalized spacial score (nSPS) is 17.5. The first kappa shape index (κ1) is 26.1. The molecule has 1 aliphatic rings. The van der Waals surface area contributed by atoms with Gasteiger partial charge in [-0.2, -0.15) is 0 Å². The van der Waals surface area contributed by atoms with Crippen LogP contribution >= 0.6 is 0 Å². The van der Waals surface area contributed by atoms with E-state index in [0.29, 0.717) is 52.4 Å². The number of aromatic nitrogens is 5. The molecule has 11 heteroatoms. The van der Waals surface area contributed by atoms with Crippen LogP contribution in [0.15, 0.2) is 35.2 Å². The number of nitrogens with zero attached hydrogens (tertiary/aromatic N) is 4. The Hall–Kier alpha value is -3.57. The van der Waals surface area contributed by atoms with E-state index in [1.807, 2.05) is 32.9 Å². The smallest absolute Gasteiger partial charge is 0.177 e. The Morgan fingerprint density at radius 3 is 2.42 bits per heavy atom. The van der Waals surface area contributed by atoms with Crippen molar-refractivity contribution in [3.63, 3.8) is 0 Å². The number of benzene rings is 1. The molecule has 5 rings (SSSR count). The fraction of sp³-hybridized carbons (Fsp3) is 0.407. The van der Waals surface area contributed by atoms with E-state index < -0.39 is 9.84 Å². The number of rotatable bonds is 6. The van der Waals surface area contributed by atoms with Gasteiger partial charge in [-0.05, 0) is 56.7 Å². The van der Waals surface area contributed by atoms with Crippen molar-refractivity contribution in [1.82, 2.24) is 24.9 Å². The molecule has 10 nitrogen and oxygen atoms in total. The molecule has 38 heavy (non-hydrogen) atoms. The van der Waals surface area contributed by atoms with Crippen molar-refractivity contribution < 1.29 is 13.2 Å². The van der Waals surface area contributed by atoms with Crippen molar-refractivity contribution in [2.75, 3.05) is 23.5 Å². The molecule has 1 atom stereocenters. The first-order chi connectivity index (χ1) is 17.9. The second-order valence-corrected chi connectivity index (χ2v) is 12.8. The molecule has 200 valence electrons. The van der Waals surface area contributed by atoms with E-state index in [2.05, 4.69) is 49.4 Å². The molecule has 1 unspecified atom stereocenters. The quantitative estimate of drug-likeness (QED) is 0.295. The number of fused-ring (bicyclic) bond motifs is 1. The molecule has 4 aromatic rings. The Balaban J connectivity index is 1.52. The number of pyridine rings is 1. The molecule has 4 heterocycles. The zero-order valence-corrected chi connectivity index (χ0v) is 23.3. The molecule has 0 bridgehead atoms. The van der Waals surface area contributed by atoms with Gasteiger partial charge in [0.25, 0.3) is 0 Å². The highest BCUT2D eigenvalue weighted by atomic mass is 32.2. The Morgan fingerprint density at radius 1 is 0.974 bits per heavy atom. The summed E-state index contributed by atoms with van der Waals surface area (Å²) in [7, 11) is -3.55. The van der Waals surface area contributed by atoms with E-state index in [0.717, 1.165) is 24.1 Å². The Kier molecular flexibility index (Phi) is 6.60. The van der Waals surface area contributed by atoms with E-state index in [1.54, 1.807) is 18.2 Å². The molecule has 0 spiro atoms. The number of hydrogen-bond donors (Lipinski definition) is 3. The van der Waals surface area contributed by atoms with Crippen LogP contribution in [-0.4, -0.2) is 46.2 Å². The van der Waals surface area contributed by atoms with Crippen LogP contribution in [0.4, 0.5) is 23.0 Å². The van der Waals surface area contributed by atoms with E-state index >= 15 is 0 Å². The molecule has 1 aromatic carbocycles. The van der Waals surface area contributed by atoms with Gasteiger partial charge < -0.3 is 20.4 Å². The number of aromatic amines is 1. The van der Waals surface area contributed by atoms with Crippen molar-refractivity contribution in [1.29, 1.82) is 0 Å². The lowest BCUT2D eigenvalue weighted by Crippen LogP contribution is -2.27. The van der Waals surface area contributed by atoms with E-state index in [4.69, 9.17) is 4.74 Å². The minimum Gasteiger partial charge on any atom is -0.373 e. The minimum absolute atomic E-state index is 0.126. The standard InChI is InChI=1S/C27H33N7O3S/c1-15-11-23(29-16(2)28-15)33-24-13-20(25-26(34-24)31-17(3)30-25)32-19-8-7-18(12-22(19)38(6,35)36)21-9-10-27(4,5)14-37-21/h7-8,11-13,21H,9-10,14H2,1-6H3,(H3,28,29,30,31,32,33,34). The molecule has 3 aromatic heterocycles. The zero-order valence-electron chi connectivity index (χ0n) is 22.5. The van der Waals surface area contributed by atoms with Crippen molar-refractivity contribution >= 4 is 44.0 Å². The highest BCUT2D eigenvalue weighted by Gasteiger charge is 2.29. The molecular formula is C27H33N7O3S. The van der Waals surface area contributed by atoms with Crippen LogP contribution in [0.5, 0.6) is 0 Å². The maximum absolute atomic E-state index is 12.9. The molecule has 1 aliphatic heterocycles. The van der Waals surface area contributed by atoms with Crippen LogP contribution in [0.2, 0.25) is 0 Å². The number of hydrogen-bond acceptors (Lipinski definition) is 9. The van der Waals surface area contributed by atoms with Gasteiger partial charge in [-0.25, -0.2) is 28.4 Å². The minimum atomic E-state index is -3.55. The van der Waals surface area contributed by atoms with Gasteiger partial charge in [0.05, 0.1) is 29.0 Å². The van der Waals surface area contributed by atoms with Gasteiger partial charge in [0.15, 0.2) is 15.5 Å². The summed E-state index contributed by atoms with van der Waals surface area (Å²) < 4.78 is 31.9. The molecule has 0 saturated carbocycles. The number of nitrogens with one attached hydrogen (secondary N) is 3. The Bertz CT molecular complexity index is 1600. The number of H-pyrrole nitrogens is 1. The number of sulfone groups is 1. The Morgan fingerprint density at radius 2 is 1.74 bits per heavy atom. The first-order valence-electron chi connectivity index (χ1n) is 12.6. The summed E-state index contributed by atoms with van der Waals surface area (Å²) in [6, 6.07) is 9.08. The van der Waals surface area contributed by atoms with Crippen molar-refractivity contribution in [3.05, 3.63) is 53.2 Å². The lowest BCUT2D eigenvalue weighted by molar-refractivity contribution is -0.0499. The fourth-order valence-corrected chi connectivity index (χ4v) is 5.61. The largest absolute Gasteiger partial charge is 0.373 e. The monoisotopic (exact) mass is 535 g/mol. The first-order valence-corrected chi connectivity index (χ1v) is 14.4. The van der Waals surface area contributed by atoms with Crippen LogP contribution in [0.1, 0.15) is 55.7 Å². The third kappa shape index (κ3) is 5.63. The third-order valence-electron chi connectivity index (χ3n) is 6.60. The van der Waals surface area contributed by atoms with Gasteiger partial charge in [0, 0.05) is 24.1 Å². The molecule has 0 amide bonds. The van der Waals surface area contributed by atoms with Crippen molar-refractivity contribution in [2.45, 2.75) is 58.5 Å². The molecule has 1 saturated heterocycles. The predicted octanol–water partition coefficient (Wildman–Crippen LogP) is 5.44. The summed E-state index contributed by atoms with van der Waals surface area (Å²) in [5, 5.41) is 6.54. The van der Waals surface area contributed by atoms with Crippen LogP contribution in [0, 0.1) is 26.2 Å². The topological polar surface area (TPSA) is 135 Å². The van der Waals surface area contributed by atoms with Crippen LogP contribution < -0.4 is 10.6 Å². The van der Waals surface area contributed by atoms with Gasteiger partial charge >= 0.3 is 0 Å². The van der Waals surface area contributed by atoms with Gasteiger partial charge in [0.1, 0.15) is 28.8 Å². The molecule has 0 aliphatic carbocycles. The summed E-state index contributed by atoms with van der Waals surface area (Å²) in [4.78, 5) is 21.4. The maximum Gasteiger partial charge on any atom is 0.177 e. The molecule has 0 radical (unpaired) electrons. The second kappa shape index (κ2) is 9.63. The van der Waals surface area contributed by atoms with Gasteiger partial charge in [-0.3, -0.25) is 0 Å². The van der Waals surface area contributed by atoms with Crippen molar-refractivity contribution in [3.8, 4) is 0 Å². The maximum atomic E-state index is 12.9. The average Bonchev–Trinajstić information content (AvgIpc) is 3.18. The van der Waals surface area contributed by atoms with Crippen LogP contribution in [-0.2, 0) is 14.6 Å². The number of imidazole rings is 1. The number of anilines is 4. The Labute approximate surface area is 222 Å². The highest BCUT2D eigenvalue weighted by Crippen LogP contribution is 2.39. The molecular weight excluding hydrogens is 502 g/mol. The lowest BCUT2D eigenvalue weighted by Gasteiger charge is -2.34. The van der Waals surface area contributed by atoms with Gasteiger partial charge in [0.2, 0.25) is 0 Å². The summed E-state index contributed by atoms with van der Waals surface area (Å²) in [6.07, 6.45) is 2.95. The zero-order chi connectivity index (χ0) is 27.2. The number of aryl methyl sites for hydroxylation is 3. The SMILES string of the molecule is Cc1cc(Nc2cc(Nc3ccc(C4CCC(C)(C)CO4)cc3S(C)(=O)=O)c3nc(C)[nH]c3n2)nc(C)n1. The third-order valence-corrected chi connectivity index (χ3v) is 7.74. The van der Waals surface area contributed by atoms with Crippen LogP contribution in [0.25, 0.3) is 11.2 Å². The predicted molar refractivity (Wildman–Crippen MR) is 148 cm³/mol. The summed E-state index contributed by atoms with van der Waals surface area (Å²) >= 11 is 0. The second-order valence-electron chi connectivity index (χ2n) is 10.8. The van der Waals surface area contributed by atoms with E-state index in [1.165, 1.54) is 6.26 Å². The lowest BCUT2D eigenvalue weighted by atomic mass is 9.84. The highest BCUT2D eigenvalue weighted by molar-refractivity contribution is 7.90. The van der Waals surface area contributed by atoms with E-state index in [-0.39, 0.29) is 16.4 Å². The van der Waals surface area contributed by atoms with Gasteiger partial charge in [-0.15, -0.1) is 0 Å². The van der Waals surface area contributed by atoms with Crippen LogP contribution in [0.3, 0.4) is 0 Å². The summed E-state index contributed by atoms with van der Waals surface area (Å²) in [5.41, 5.74) is 4.05. The van der Waals surface area contributed by atoms with Gasteiger partial charge in [-0.1, -0.05) is 19.9 Å². The summed E-state index contributed by atoms with van der Waals surface area (Å²) in [5.74, 6) is 2.47. The molecule has 3 N–H and O–H groups in total. The summed E-state index contributed by atoms with van der Waals surface area (Å²) in [6.45, 7) is 10.6. The number of ether oxygens (including phenoxy) is 1. The molecule has 1 fully saturated rings. The van der Waals surface area contributed by atoms with E-state index in [9.17, 15) is 8.42 Å². The average molecular weight is 536 g/mol. The van der Waals surface area contributed by atoms with Crippen molar-refractivity contribution in [2.24, 2.45) is 5.41 Å².